The Morgan fingerprint density at radius 2 is 1.79 bits per heavy atom. The van der Waals surface area contributed by atoms with Gasteiger partial charge in [-0.25, -0.2) is 4.79 Å². The average Bonchev–Trinajstić information content (AvgIpc) is 2.25. The molecule has 0 spiro atoms. The first kappa shape index (κ1) is 11.0. The van der Waals surface area contributed by atoms with E-state index in [1.165, 1.54) is 0 Å². The van der Waals surface area contributed by atoms with Crippen LogP contribution in [-0.4, -0.2) is 24.1 Å². The fraction of sp³-hybridized carbons (Fsp3) is 0.778. The van der Waals surface area contributed by atoms with Gasteiger partial charge in [-0.1, -0.05) is 6.92 Å². The van der Waals surface area contributed by atoms with Crippen LogP contribution in [0, 0.1) is 11.8 Å². The molecule has 0 bridgehead atoms. The first-order chi connectivity index (χ1) is 6.43. The molecule has 3 amide bonds. The fourth-order valence-electron chi connectivity index (χ4n) is 1.92. The van der Waals surface area contributed by atoms with Crippen molar-refractivity contribution in [3.8, 4) is 0 Å². The Labute approximate surface area is 83.0 Å². The quantitative estimate of drug-likeness (QED) is 0.636. The molecule has 4 atom stereocenters. The molecule has 14 heavy (non-hydrogen) atoms. The number of ether oxygens (including phenoxy) is 1. The number of nitrogens with one attached hydrogen (secondary N) is 1. The van der Waals surface area contributed by atoms with Gasteiger partial charge in [0.15, 0.2) is 0 Å². The Morgan fingerprint density at radius 3 is 2.14 bits per heavy atom. The number of rotatable bonds is 1. The molecule has 1 aliphatic heterocycles. The van der Waals surface area contributed by atoms with Crippen LogP contribution in [0.2, 0.25) is 0 Å². The molecule has 1 aliphatic rings. The summed E-state index contributed by atoms with van der Waals surface area (Å²) in [6.45, 7) is 5.67. The lowest BCUT2D eigenvalue weighted by atomic mass is 9.89. The summed E-state index contributed by atoms with van der Waals surface area (Å²) in [5.74, 6) is -0.538. The maximum absolute atomic E-state index is 11.5. The molecule has 4 unspecified atom stereocenters. The molecule has 0 aliphatic carbocycles. The summed E-state index contributed by atoms with van der Waals surface area (Å²) in [6.07, 6.45) is -0.132. The van der Waals surface area contributed by atoms with E-state index in [0.717, 1.165) is 0 Å². The Morgan fingerprint density at radius 1 is 1.21 bits per heavy atom. The van der Waals surface area contributed by atoms with E-state index < -0.39 is 6.03 Å². The number of hydrogen-bond acceptors (Lipinski definition) is 3. The Bertz CT molecular complexity index is 254. The molecular formula is C9H16N2O3. The van der Waals surface area contributed by atoms with Crippen molar-refractivity contribution in [3.63, 3.8) is 0 Å². The van der Waals surface area contributed by atoms with Crippen LogP contribution < -0.4 is 11.1 Å². The van der Waals surface area contributed by atoms with Gasteiger partial charge >= 0.3 is 6.03 Å². The van der Waals surface area contributed by atoms with Gasteiger partial charge in [0.1, 0.15) is 0 Å². The van der Waals surface area contributed by atoms with Crippen molar-refractivity contribution in [2.75, 3.05) is 0 Å². The van der Waals surface area contributed by atoms with Gasteiger partial charge in [-0.15, -0.1) is 0 Å². The van der Waals surface area contributed by atoms with Gasteiger partial charge in [0.05, 0.1) is 18.1 Å². The standard InChI is InChI=1S/C9H16N2O3/c1-4-5(2)14-6(3)7(4)8(12)11-9(10)13/h4-7H,1-3H3,(H3,10,11,12,13). The van der Waals surface area contributed by atoms with Crippen molar-refractivity contribution in [2.45, 2.75) is 33.0 Å². The van der Waals surface area contributed by atoms with Gasteiger partial charge in [0, 0.05) is 0 Å². The number of imide groups is 1. The molecular weight excluding hydrogens is 184 g/mol. The number of amides is 3. The summed E-state index contributed by atoms with van der Waals surface area (Å²) in [6, 6.07) is -0.811. The lowest BCUT2D eigenvalue weighted by Gasteiger charge is -2.16. The SMILES string of the molecule is CC1OC(C)C(C(=O)NC(N)=O)C1C. The highest BCUT2D eigenvalue weighted by Gasteiger charge is 2.41. The topological polar surface area (TPSA) is 81.4 Å². The number of carbonyl (C=O) groups excluding carboxylic acids is 2. The number of carbonyl (C=O) groups is 2. The van der Waals surface area contributed by atoms with Crippen LogP contribution in [-0.2, 0) is 9.53 Å². The van der Waals surface area contributed by atoms with Crippen LogP contribution in [0.15, 0.2) is 0 Å². The third-order valence-electron chi connectivity index (χ3n) is 2.79. The number of primary amides is 1. The van der Waals surface area contributed by atoms with Crippen LogP contribution in [0.5, 0.6) is 0 Å². The maximum Gasteiger partial charge on any atom is 0.318 e. The van der Waals surface area contributed by atoms with Gasteiger partial charge in [0.2, 0.25) is 5.91 Å². The number of urea groups is 1. The summed E-state index contributed by atoms with van der Waals surface area (Å²) in [7, 11) is 0. The molecule has 1 heterocycles. The molecule has 0 radical (unpaired) electrons. The highest BCUT2D eigenvalue weighted by atomic mass is 16.5. The zero-order valence-corrected chi connectivity index (χ0v) is 8.61. The summed E-state index contributed by atoms with van der Waals surface area (Å²) >= 11 is 0. The van der Waals surface area contributed by atoms with E-state index in [9.17, 15) is 9.59 Å². The molecule has 1 saturated heterocycles. The van der Waals surface area contributed by atoms with Gasteiger partial charge in [-0.05, 0) is 19.8 Å². The van der Waals surface area contributed by atoms with Crippen molar-refractivity contribution < 1.29 is 14.3 Å². The highest BCUT2D eigenvalue weighted by molar-refractivity contribution is 5.95. The molecule has 1 fully saturated rings. The van der Waals surface area contributed by atoms with Crippen molar-refractivity contribution >= 4 is 11.9 Å². The minimum atomic E-state index is -0.811. The van der Waals surface area contributed by atoms with E-state index >= 15 is 0 Å². The van der Waals surface area contributed by atoms with Crippen LogP contribution in [0.4, 0.5) is 4.79 Å². The smallest absolute Gasteiger partial charge is 0.318 e. The minimum Gasteiger partial charge on any atom is -0.374 e. The van der Waals surface area contributed by atoms with Crippen molar-refractivity contribution in [2.24, 2.45) is 17.6 Å². The molecule has 0 aromatic carbocycles. The third kappa shape index (κ3) is 2.04. The Kier molecular flexibility index (Phi) is 3.10. The van der Waals surface area contributed by atoms with Crippen LogP contribution in [0.1, 0.15) is 20.8 Å². The third-order valence-corrected chi connectivity index (χ3v) is 2.79. The van der Waals surface area contributed by atoms with Crippen molar-refractivity contribution in [1.82, 2.24) is 5.32 Å². The van der Waals surface area contributed by atoms with Crippen LogP contribution in [0.3, 0.4) is 0 Å². The summed E-state index contributed by atoms with van der Waals surface area (Å²) in [5.41, 5.74) is 4.87. The molecule has 0 aromatic rings. The summed E-state index contributed by atoms with van der Waals surface area (Å²) in [5, 5.41) is 2.09. The normalized spacial score (nSPS) is 36.8. The summed E-state index contributed by atoms with van der Waals surface area (Å²) in [4.78, 5) is 22.0. The maximum atomic E-state index is 11.5. The van der Waals surface area contributed by atoms with Crippen LogP contribution in [0.25, 0.3) is 0 Å². The van der Waals surface area contributed by atoms with Gasteiger partial charge in [0.25, 0.3) is 0 Å². The summed E-state index contributed by atoms with van der Waals surface area (Å²) < 4.78 is 5.48. The lowest BCUT2D eigenvalue weighted by Crippen LogP contribution is -2.42. The highest BCUT2D eigenvalue weighted by Crippen LogP contribution is 2.31. The fourth-order valence-corrected chi connectivity index (χ4v) is 1.92. The molecule has 0 aromatic heterocycles. The largest absolute Gasteiger partial charge is 0.374 e. The van der Waals surface area contributed by atoms with E-state index in [1.54, 1.807) is 0 Å². The lowest BCUT2D eigenvalue weighted by molar-refractivity contribution is -0.125. The van der Waals surface area contributed by atoms with E-state index in [1.807, 2.05) is 20.8 Å². The van der Waals surface area contributed by atoms with Crippen molar-refractivity contribution in [3.05, 3.63) is 0 Å². The molecule has 5 nitrogen and oxygen atoms in total. The zero-order valence-electron chi connectivity index (χ0n) is 8.61. The van der Waals surface area contributed by atoms with Gasteiger partial charge in [-0.3, -0.25) is 10.1 Å². The molecule has 80 valence electrons. The average molecular weight is 200 g/mol. The molecule has 5 heteroatoms. The monoisotopic (exact) mass is 200 g/mol. The van der Waals surface area contributed by atoms with E-state index in [2.05, 4.69) is 5.32 Å². The second-order valence-electron chi connectivity index (χ2n) is 3.78. The minimum absolute atomic E-state index is 0.0358. The second kappa shape index (κ2) is 3.96. The molecule has 0 saturated carbocycles. The molecule has 3 N–H and O–H groups in total. The van der Waals surface area contributed by atoms with E-state index in [-0.39, 0.29) is 30.0 Å². The van der Waals surface area contributed by atoms with Crippen molar-refractivity contribution in [1.29, 1.82) is 0 Å². The van der Waals surface area contributed by atoms with Crippen LogP contribution >= 0.6 is 0 Å². The first-order valence-corrected chi connectivity index (χ1v) is 4.69. The second-order valence-corrected chi connectivity index (χ2v) is 3.78. The zero-order chi connectivity index (χ0) is 10.9. The first-order valence-electron chi connectivity index (χ1n) is 4.69. The predicted molar refractivity (Wildman–Crippen MR) is 50.4 cm³/mol. The van der Waals surface area contributed by atoms with Gasteiger partial charge < -0.3 is 10.5 Å². The van der Waals surface area contributed by atoms with Gasteiger partial charge in [-0.2, -0.15) is 0 Å². The van der Waals surface area contributed by atoms with E-state index in [4.69, 9.17) is 10.5 Å². The predicted octanol–water partition coefficient (Wildman–Crippen LogP) is 0.241. The Balaban J connectivity index is 2.67. The van der Waals surface area contributed by atoms with E-state index in [0.29, 0.717) is 0 Å². The Hall–Kier alpha value is -1.10. The number of hydrogen-bond donors (Lipinski definition) is 2. The number of nitrogens with two attached hydrogens (primary N) is 1. The molecule has 1 rings (SSSR count).